The van der Waals surface area contributed by atoms with Gasteiger partial charge in [-0.1, -0.05) is 42.0 Å². The topological polar surface area (TPSA) is 88.6 Å². The number of Topliss-reactive ketones (excluding diaryl/α,β-unsaturated/α-hetero) is 3. The van der Waals surface area contributed by atoms with Gasteiger partial charge in [0.15, 0.2) is 5.78 Å². The zero-order chi connectivity index (χ0) is 24.3. The van der Waals surface area contributed by atoms with Crippen LogP contribution in [0.1, 0.15) is 28.4 Å². The van der Waals surface area contributed by atoms with E-state index in [4.69, 9.17) is 23.2 Å². The summed E-state index contributed by atoms with van der Waals surface area (Å²) in [7, 11) is -3.81. The van der Waals surface area contributed by atoms with Gasteiger partial charge >= 0.3 is 0 Å². The van der Waals surface area contributed by atoms with Crippen LogP contribution in [0.2, 0.25) is 0 Å². The van der Waals surface area contributed by atoms with Gasteiger partial charge in [0, 0.05) is 29.8 Å². The van der Waals surface area contributed by atoms with E-state index >= 15 is 0 Å². The second-order valence-corrected chi connectivity index (χ2v) is 10.3. The zero-order valence-electron chi connectivity index (χ0n) is 18.0. The van der Waals surface area contributed by atoms with Crippen LogP contribution in [0.4, 0.5) is 0 Å². The lowest BCUT2D eigenvalue weighted by Gasteiger charge is -2.16. The number of nitrogens with zero attached hydrogens (tertiary/aromatic N) is 1. The van der Waals surface area contributed by atoms with E-state index in [-0.39, 0.29) is 34.7 Å². The van der Waals surface area contributed by atoms with Crippen LogP contribution in [0.5, 0.6) is 0 Å². The molecule has 9 heteroatoms. The number of ketones is 3. The second kappa shape index (κ2) is 10.1. The van der Waals surface area contributed by atoms with Crippen molar-refractivity contribution in [1.82, 2.24) is 4.31 Å². The van der Waals surface area contributed by atoms with Crippen molar-refractivity contribution in [2.75, 3.05) is 18.4 Å². The van der Waals surface area contributed by atoms with Crippen molar-refractivity contribution < 1.29 is 22.8 Å². The summed E-state index contributed by atoms with van der Waals surface area (Å²) >= 11 is 9.53. The van der Waals surface area contributed by atoms with Gasteiger partial charge in [-0.3, -0.25) is 14.4 Å². The number of hydrogen-bond donors (Lipinski definition) is 0. The predicted octanol–water partition coefficient (Wildman–Crippen LogP) is 4.16. The summed E-state index contributed by atoms with van der Waals surface area (Å²) in [5.41, 5.74) is 2.71. The summed E-state index contributed by atoms with van der Waals surface area (Å²) in [4.78, 5) is 37.1. The molecule has 0 aromatic heterocycles. The molecule has 33 heavy (non-hydrogen) atoms. The summed E-state index contributed by atoms with van der Waals surface area (Å²) in [6.45, 7) is 3.11. The van der Waals surface area contributed by atoms with Gasteiger partial charge in [0.2, 0.25) is 21.6 Å². The number of halogens is 2. The minimum absolute atomic E-state index is 0.0434. The van der Waals surface area contributed by atoms with E-state index in [0.717, 1.165) is 5.56 Å². The molecule has 0 saturated carbocycles. The molecule has 1 aliphatic heterocycles. The molecule has 0 N–H and O–H groups in total. The number of benzene rings is 2. The summed E-state index contributed by atoms with van der Waals surface area (Å²) in [5, 5.41) is 0.194. The molecular weight excluding hydrogens is 485 g/mol. The molecule has 0 bridgehead atoms. The fourth-order valence-electron chi connectivity index (χ4n) is 3.72. The summed E-state index contributed by atoms with van der Waals surface area (Å²) in [5.74, 6) is -1.51. The summed E-state index contributed by atoms with van der Waals surface area (Å²) in [6, 6.07) is 13.2. The van der Waals surface area contributed by atoms with E-state index < -0.39 is 21.6 Å². The van der Waals surface area contributed by atoms with Crippen molar-refractivity contribution in [3.8, 4) is 0 Å². The third kappa shape index (κ3) is 5.01. The zero-order valence-corrected chi connectivity index (χ0v) is 20.3. The highest BCUT2D eigenvalue weighted by atomic mass is 35.5. The van der Waals surface area contributed by atoms with Gasteiger partial charge in [-0.15, -0.1) is 23.2 Å². The maximum absolute atomic E-state index is 13.1. The molecule has 0 unspecified atom stereocenters. The van der Waals surface area contributed by atoms with Crippen LogP contribution in [0, 0.1) is 6.92 Å². The highest BCUT2D eigenvalue weighted by Gasteiger charge is 2.36. The quantitative estimate of drug-likeness (QED) is 0.353. The van der Waals surface area contributed by atoms with Crippen LogP contribution >= 0.6 is 23.2 Å². The highest BCUT2D eigenvalue weighted by molar-refractivity contribution is 7.89. The first-order valence-electron chi connectivity index (χ1n) is 9.93. The average molecular weight is 506 g/mol. The van der Waals surface area contributed by atoms with E-state index in [9.17, 15) is 22.8 Å². The van der Waals surface area contributed by atoms with Gasteiger partial charge in [-0.05, 0) is 43.2 Å². The average Bonchev–Trinajstić information content (AvgIpc) is 3.31. The van der Waals surface area contributed by atoms with Crippen molar-refractivity contribution in [1.29, 1.82) is 0 Å². The molecule has 0 saturated heterocycles. The predicted molar refractivity (Wildman–Crippen MR) is 128 cm³/mol. The maximum Gasteiger partial charge on any atom is 0.243 e. The van der Waals surface area contributed by atoms with Crippen molar-refractivity contribution in [3.63, 3.8) is 0 Å². The molecule has 6 nitrogen and oxygen atoms in total. The van der Waals surface area contributed by atoms with Gasteiger partial charge in [-0.25, -0.2) is 8.42 Å². The summed E-state index contributed by atoms with van der Waals surface area (Å²) in [6.07, 6.45) is 1.49. The lowest BCUT2D eigenvalue weighted by atomic mass is 10.0. The molecule has 2 aromatic rings. The smallest absolute Gasteiger partial charge is 0.243 e. The molecule has 0 fully saturated rings. The first kappa shape index (κ1) is 25.1. The molecule has 1 aliphatic carbocycles. The molecule has 0 atom stereocenters. The van der Waals surface area contributed by atoms with Crippen LogP contribution in [0.3, 0.4) is 0 Å². The lowest BCUT2D eigenvalue weighted by molar-refractivity contribution is -0.113. The largest absolute Gasteiger partial charge is 0.295 e. The highest BCUT2D eigenvalue weighted by Crippen LogP contribution is 2.33. The second-order valence-electron chi connectivity index (χ2n) is 7.51. The van der Waals surface area contributed by atoms with Gasteiger partial charge < -0.3 is 0 Å². The molecular formula is C24H21Cl2NO5S. The van der Waals surface area contributed by atoms with Crippen LogP contribution in [0.15, 0.2) is 70.6 Å². The van der Waals surface area contributed by atoms with E-state index in [1.165, 1.54) is 29.4 Å². The van der Waals surface area contributed by atoms with E-state index in [1.54, 1.807) is 36.4 Å². The molecule has 2 aliphatic rings. The molecule has 2 aromatic carbocycles. The minimum atomic E-state index is -3.81. The monoisotopic (exact) mass is 505 g/mol. The summed E-state index contributed by atoms with van der Waals surface area (Å²) < 4.78 is 27.3. The van der Waals surface area contributed by atoms with E-state index in [1.807, 2.05) is 6.92 Å². The van der Waals surface area contributed by atoms with Crippen LogP contribution in [-0.4, -0.2) is 48.5 Å². The Bertz CT molecular complexity index is 1290. The van der Waals surface area contributed by atoms with Crippen molar-refractivity contribution in [2.24, 2.45) is 0 Å². The normalized spacial score (nSPS) is 17.3. The minimum Gasteiger partial charge on any atom is -0.295 e. The maximum atomic E-state index is 13.1. The number of fused-ring (bicyclic) bond motifs is 1. The van der Waals surface area contributed by atoms with Gasteiger partial charge in [-0.2, -0.15) is 4.31 Å². The molecule has 0 amide bonds. The number of sulfonamides is 1. The molecule has 1 heterocycles. The third-order valence-electron chi connectivity index (χ3n) is 5.38. The number of aryl methyl sites for hydroxylation is 1. The SMILES string of the molecule is CC(=O)C1=C(/C=C2\C(=O)C(=O)c3ccccc32)CN(S(=O)(=O)c2ccc(C)cc2)C1.ClCCl. The Kier molecular flexibility index (Phi) is 7.69. The van der Waals surface area contributed by atoms with E-state index in [2.05, 4.69) is 0 Å². The fraction of sp³-hybridized carbons (Fsp3) is 0.208. The number of alkyl halides is 2. The van der Waals surface area contributed by atoms with Gasteiger partial charge in [0.05, 0.1) is 10.2 Å². The van der Waals surface area contributed by atoms with Crippen molar-refractivity contribution in [3.05, 3.63) is 82.4 Å². The number of hydrogen-bond acceptors (Lipinski definition) is 5. The molecule has 0 radical (unpaired) electrons. The van der Waals surface area contributed by atoms with Crippen LogP contribution in [-0.2, 0) is 19.6 Å². The Morgan fingerprint density at radius 2 is 1.55 bits per heavy atom. The van der Waals surface area contributed by atoms with E-state index in [0.29, 0.717) is 22.3 Å². The Morgan fingerprint density at radius 3 is 2.12 bits per heavy atom. The number of carbonyl (C=O) groups excluding carboxylic acids is 3. The van der Waals surface area contributed by atoms with Crippen LogP contribution in [0.25, 0.3) is 5.57 Å². The first-order valence-corrected chi connectivity index (χ1v) is 12.4. The molecule has 4 rings (SSSR count). The fourth-order valence-corrected chi connectivity index (χ4v) is 5.11. The first-order chi connectivity index (χ1) is 15.6. The number of rotatable bonds is 4. The Balaban J connectivity index is 0.000000968. The van der Waals surface area contributed by atoms with Crippen molar-refractivity contribution in [2.45, 2.75) is 18.7 Å². The van der Waals surface area contributed by atoms with Gasteiger partial charge in [0.25, 0.3) is 0 Å². The standard InChI is InChI=1S/C23H19NO5S.CH2Cl2/c1-14-7-9-17(10-8-14)30(28,29)24-12-16(21(13-24)15(2)25)11-20-18-5-3-4-6-19(18)22(26)23(20)27;2-1-3/h3-11H,12-13H2,1-2H3;1H2/b20-11-;. The lowest BCUT2D eigenvalue weighted by Crippen LogP contribution is -2.30. The van der Waals surface area contributed by atoms with Crippen molar-refractivity contribution >= 4 is 56.1 Å². The Hall–Kier alpha value is -2.58. The number of carbonyl (C=O) groups is 3. The van der Waals surface area contributed by atoms with Gasteiger partial charge in [0.1, 0.15) is 0 Å². The Morgan fingerprint density at radius 1 is 0.970 bits per heavy atom. The number of allylic oxidation sites excluding steroid dienone is 1. The Labute approximate surface area is 202 Å². The van der Waals surface area contributed by atoms with Crippen LogP contribution < -0.4 is 0 Å². The molecule has 172 valence electrons. The third-order valence-corrected chi connectivity index (χ3v) is 7.19. The molecule has 0 spiro atoms.